The van der Waals surface area contributed by atoms with Gasteiger partial charge in [0, 0.05) is 38.8 Å². The Labute approximate surface area is 208 Å². The van der Waals surface area contributed by atoms with Gasteiger partial charge in [0.05, 0.1) is 0 Å². The van der Waals surface area contributed by atoms with Crippen molar-refractivity contribution in [1.82, 2.24) is 15.3 Å². The minimum absolute atomic E-state index is 0.559. The van der Waals surface area contributed by atoms with Gasteiger partial charge in [-0.05, 0) is 30.6 Å². The van der Waals surface area contributed by atoms with E-state index in [-0.39, 0.29) is 0 Å². The molecule has 192 valence electrons. The second-order valence-corrected chi connectivity index (χ2v) is 11.3. The lowest BCUT2D eigenvalue weighted by Gasteiger charge is -2.30. The Kier molecular flexibility index (Phi) is 10.6. The number of rotatable bonds is 12. The Morgan fingerprint density at radius 2 is 1.41 bits per heavy atom. The maximum atomic E-state index is 6.08. The van der Waals surface area contributed by atoms with Crippen molar-refractivity contribution in [3.63, 3.8) is 0 Å². The van der Waals surface area contributed by atoms with E-state index >= 15 is 0 Å². The van der Waals surface area contributed by atoms with Crippen molar-refractivity contribution in [3.05, 3.63) is 6.07 Å². The Morgan fingerprint density at radius 3 is 2.12 bits per heavy atom. The van der Waals surface area contributed by atoms with E-state index in [9.17, 15) is 0 Å². The number of piperazine rings is 1. The summed E-state index contributed by atoms with van der Waals surface area (Å²) in [4.78, 5) is 11.5. The zero-order chi connectivity index (χ0) is 23.4. The van der Waals surface area contributed by atoms with Gasteiger partial charge in [0.1, 0.15) is 11.6 Å². The largest absolute Gasteiger partial charge is 0.383 e. The quantitative estimate of drug-likeness (QED) is 0.325. The number of nitrogens with zero attached hydrogens (tertiary/aromatic N) is 3. The van der Waals surface area contributed by atoms with Crippen LogP contribution in [0.1, 0.15) is 103 Å². The molecule has 2 saturated carbocycles. The summed E-state index contributed by atoms with van der Waals surface area (Å²) in [6.45, 7) is 4.91. The van der Waals surface area contributed by atoms with Gasteiger partial charge >= 0.3 is 0 Å². The standard InChI is InChI=1S/C28H50N6/c29-26-21-27(34-19-17-30-18-20-34)33-28(32-26)31-22-25-15-13-24(14-16-25)12-6-3-1-2-5-9-23-10-7-4-8-11-23/h21,23-25,30H,1-20,22H2,(H3,29,31,32,33). The van der Waals surface area contributed by atoms with Crippen molar-refractivity contribution >= 4 is 17.6 Å². The third-order valence-corrected chi connectivity index (χ3v) is 8.64. The molecule has 2 aliphatic carbocycles. The highest BCUT2D eigenvalue weighted by Crippen LogP contribution is 2.33. The van der Waals surface area contributed by atoms with E-state index in [0.717, 1.165) is 56.3 Å². The number of hydrogen-bond donors (Lipinski definition) is 3. The average molecular weight is 471 g/mol. The van der Waals surface area contributed by atoms with Crippen molar-refractivity contribution in [2.24, 2.45) is 17.8 Å². The van der Waals surface area contributed by atoms with Gasteiger partial charge in [-0.2, -0.15) is 9.97 Å². The minimum Gasteiger partial charge on any atom is -0.383 e. The Balaban J connectivity index is 1.05. The van der Waals surface area contributed by atoms with Crippen LogP contribution >= 0.6 is 0 Å². The van der Waals surface area contributed by atoms with Gasteiger partial charge in [-0.3, -0.25) is 0 Å². The molecule has 0 unspecified atom stereocenters. The number of aromatic nitrogens is 2. The second-order valence-electron chi connectivity index (χ2n) is 11.3. The molecular formula is C28H50N6. The summed E-state index contributed by atoms with van der Waals surface area (Å²) in [5, 5.41) is 6.89. The van der Waals surface area contributed by atoms with Gasteiger partial charge in [-0.15, -0.1) is 0 Å². The molecule has 0 atom stereocenters. The lowest BCUT2D eigenvalue weighted by molar-refractivity contribution is 0.265. The SMILES string of the molecule is Nc1cc(N2CCNCC2)nc(NCC2CCC(CCCCCCCC3CCCCC3)CC2)n1. The number of nitrogens with two attached hydrogens (primary N) is 1. The van der Waals surface area contributed by atoms with Crippen LogP contribution in [0.25, 0.3) is 0 Å². The molecule has 3 fully saturated rings. The molecule has 6 heteroatoms. The van der Waals surface area contributed by atoms with E-state index in [0.29, 0.717) is 11.8 Å². The van der Waals surface area contributed by atoms with Gasteiger partial charge in [-0.1, -0.05) is 89.9 Å². The van der Waals surface area contributed by atoms with Crippen molar-refractivity contribution in [3.8, 4) is 0 Å². The second kappa shape index (κ2) is 14.1. The molecule has 0 radical (unpaired) electrons. The molecule has 4 N–H and O–H groups in total. The summed E-state index contributed by atoms with van der Waals surface area (Å²) in [5.41, 5.74) is 6.08. The first kappa shape index (κ1) is 25.5. The Hall–Kier alpha value is -1.56. The molecule has 1 aromatic rings. The highest BCUT2D eigenvalue weighted by Gasteiger charge is 2.21. The fraction of sp³-hybridized carbons (Fsp3) is 0.857. The van der Waals surface area contributed by atoms with Crippen LogP contribution in [0.4, 0.5) is 17.6 Å². The van der Waals surface area contributed by atoms with E-state index in [1.807, 2.05) is 6.07 Å². The molecule has 1 saturated heterocycles. The van der Waals surface area contributed by atoms with E-state index in [4.69, 9.17) is 10.7 Å². The van der Waals surface area contributed by atoms with Crippen LogP contribution in [0.15, 0.2) is 6.07 Å². The fourth-order valence-electron chi connectivity index (χ4n) is 6.42. The highest BCUT2D eigenvalue weighted by molar-refractivity contribution is 5.51. The first-order valence-corrected chi connectivity index (χ1v) is 14.6. The number of unbranched alkanes of at least 4 members (excludes halogenated alkanes) is 4. The summed E-state index contributed by atoms with van der Waals surface area (Å²) in [6, 6.07) is 1.90. The lowest BCUT2D eigenvalue weighted by Crippen LogP contribution is -2.44. The Bertz CT molecular complexity index is 690. The molecule has 0 amide bonds. The number of anilines is 3. The van der Waals surface area contributed by atoms with Crippen LogP contribution in [0, 0.1) is 17.8 Å². The van der Waals surface area contributed by atoms with Crippen molar-refractivity contribution < 1.29 is 0 Å². The number of hydrogen-bond acceptors (Lipinski definition) is 6. The van der Waals surface area contributed by atoms with Crippen LogP contribution < -0.4 is 21.3 Å². The van der Waals surface area contributed by atoms with Crippen LogP contribution in [-0.4, -0.2) is 42.7 Å². The van der Waals surface area contributed by atoms with E-state index in [1.165, 1.54) is 103 Å². The molecule has 0 aromatic carbocycles. The molecule has 1 aliphatic heterocycles. The van der Waals surface area contributed by atoms with Crippen molar-refractivity contribution in [2.75, 3.05) is 48.7 Å². The van der Waals surface area contributed by atoms with E-state index in [2.05, 4.69) is 20.5 Å². The molecule has 1 aromatic heterocycles. The van der Waals surface area contributed by atoms with Gasteiger partial charge in [-0.25, -0.2) is 0 Å². The first-order chi connectivity index (χ1) is 16.8. The average Bonchev–Trinajstić information content (AvgIpc) is 2.88. The smallest absolute Gasteiger partial charge is 0.226 e. The molecule has 34 heavy (non-hydrogen) atoms. The van der Waals surface area contributed by atoms with Gasteiger partial charge in [0.2, 0.25) is 5.95 Å². The summed E-state index contributed by atoms with van der Waals surface area (Å²) in [7, 11) is 0. The predicted octanol–water partition coefficient (Wildman–Crippen LogP) is 6.00. The minimum atomic E-state index is 0.559. The van der Waals surface area contributed by atoms with Gasteiger partial charge < -0.3 is 21.3 Å². The lowest BCUT2D eigenvalue weighted by atomic mass is 9.79. The zero-order valence-corrected chi connectivity index (χ0v) is 21.6. The topological polar surface area (TPSA) is 79.1 Å². The zero-order valence-electron chi connectivity index (χ0n) is 21.6. The Morgan fingerprint density at radius 1 is 0.794 bits per heavy atom. The van der Waals surface area contributed by atoms with Crippen molar-refractivity contribution in [2.45, 2.75) is 103 Å². The number of nitrogen functional groups attached to an aromatic ring is 1. The maximum absolute atomic E-state index is 6.08. The van der Waals surface area contributed by atoms with Crippen LogP contribution in [0.5, 0.6) is 0 Å². The predicted molar refractivity (Wildman–Crippen MR) is 144 cm³/mol. The summed E-state index contributed by atoms with van der Waals surface area (Å²) < 4.78 is 0. The summed E-state index contributed by atoms with van der Waals surface area (Å²) in [5.74, 6) is 4.97. The molecular weight excluding hydrogens is 420 g/mol. The molecule has 0 bridgehead atoms. The molecule has 0 spiro atoms. The number of nitrogens with one attached hydrogen (secondary N) is 2. The molecule has 3 aliphatic rings. The monoisotopic (exact) mass is 470 g/mol. The van der Waals surface area contributed by atoms with Crippen molar-refractivity contribution in [1.29, 1.82) is 0 Å². The van der Waals surface area contributed by atoms with E-state index < -0.39 is 0 Å². The van der Waals surface area contributed by atoms with Crippen LogP contribution in [0.2, 0.25) is 0 Å². The van der Waals surface area contributed by atoms with Gasteiger partial charge in [0.15, 0.2) is 0 Å². The van der Waals surface area contributed by atoms with Crippen LogP contribution in [-0.2, 0) is 0 Å². The highest BCUT2D eigenvalue weighted by atomic mass is 15.3. The summed E-state index contributed by atoms with van der Waals surface area (Å²) >= 11 is 0. The third-order valence-electron chi connectivity index (χ3n) is 8.64. The van der Waals surface area contributed by atoms with Crippen LogP contribution in [0.3, 0.4) is 0 Å². The molecule has 6 nitrogen and oxygen atoms in total. The molecule has 2 heterocycles. The fourth-order valence-corrected chi connectivity index (χ4v) is 6.42. The van der Waals surface area contributed by atoms with Gasteiger partial charge in [0.25, 0.3) is 0 Å². The third kappa shape index (κ3) is 8.58. The normalized spacial score (nSPS) is 24.3. The molecule has 4 rings (SSSR count). The maximum Gasteiger partial charge on any atom is 0.226 e. The summed E-state index contributed by atoms with van der Waals surface area (Å²) in [6.07, 6.45) is 23.3. The first-order valence-electron chi connectivity index (χ1n) is 14.6. The van der Waals surface area contributed by atoms with E-state index in [1.54, 1.807) is 0 Å².